The molecule has 4 N–H and O–H groups in total. The van der Waals surface area contributed by atoms with E-state index in [4.69, 9.17) is 15.7 Å². The molecule has 2 aromatic rings. The molecular formula is C20H24N8O2. The number of nitrogens with two attached hydrogens (primary N) is 1. The van der Waals surface area contributed by atoms with Gasteiger partial charge in [-0.05, 0) is 43.4 Å². The van der Waals surface area contributed by atoms with Gasteiger partial charge in [0, 0.05) is 19.2 Å². The lowest BCUT2D eigenvalue weighted by Crippen LogP contribution is -2.39. The van der Waals surface area contributed by atoms with Crippen LogP contribution >= 0.6 is 0 Å². The smallest absolute Gasteiger partial charge is 0.275 e. The van der Waals surface area contributed by atoms with Gasteiger partial charge in [0.05, 0.1) is 19.0 Å². The second-order valence-electron chi connectivity index (χ2n) is 7.87. The first-order valence-electron chi connectivity index (χ1n) is 10.0. The summed E-state index contributed by atoms with van der Waals surface area (Å²) >= 11 is 0. The third kappa shape index (κ3) is 4.16. The van der Waals surface area contributed by atoms with Gasteiger partial charge in [0.1, 0.15) is 11.9 Å². The SMILES string of the molecule is CNC(=O)c1nnc(Nc2cnc(C#N)cn2)cc1OCC1CC2CCC(C1)C2N. The van der Waals surface area contributed by atoms with Crippen LogP contribution in [0.4, 0.5) is 11.6 Å². The lowest BCUT2D eigenvalue weighted by molar-refractivity contribution is 0.0948. The molecule has 0 spiro atoms. The Morgan fingerprint density at radius 2 is 2.00 bits per heavy atom. The molecule has 2 bridgehead atoms. The monoisotopic (exact) mass is 408 g/mol. The zero-order valence-corrected chi connectivity index (χ0v) is 16.7. The zero-order chi connectivity index (χ0) is 21.1. The molecule has 2 heterocycles. The Morgan fingerprint density at radius 1 is 1.23 bits per heavy atom. The highest BCUT2D eigenvalue weighted by molar-refractivity contribution is 5.94. The maximum absolute atomic E-state index is 12.2. The quantitative estimate of drug-likeness (QED) is 0.643. The van der Waals surface area contributed by atoms with Crippen LogP contribution in [0.2, 0.25) is 0 Å². The Labute approximate surface area is 174 Å². The highest BCUT2D eigenvalue weighted by atomic mass is 16.5. The van der Waals surface area contributed by atoms with Crippen molar-refractivity contribution in [1.82, 2.24) is 25.5 Å². The number of hydrogen-bond donors (Lipinski definition) is 3. The van der Waals surface area contributed by atoms with Crippen molar-refractivity contribution in [2.24, 2.45) is 23.5 Å². The first-order valence-corrected chi connectivity index (χ1v) is 10.0. The van der Waals surface area contributed by atoms with Crippen molar-refractivity contribution in [3.63, 3.8) is 0 Å². The number of nitrogens with zero attached hydrogens (tertiary/aromatic N) is 5. The van der Waals surface area contributed by atoms with Gasteiger partial charge in [0.15, 0.2) is 23.0 Å². The minimum Gasteiger partial charge on any atom is -0.491 e. The summed E-state index contributed by atoms with van der Waals surface area (Å²) in [6.07, 6.45) is 7.28. The van der Waals surface area contributed by atoms with Gasteiger partial charge < -0.3 is 21.1 Å². The van der Waals surface area contributed by atoms with E-state index in [1.54, 1.807) is 6.07 Å². The zero-order valence-electron chi connectivity index (χ0n) is 16.7. The molecule has 0 radical (unpaired) electrons. The molecule has 2 aliphatic rings. The third-order valence-corrected chi connectivity index (χ3v) is 5.97. The number of nitrogens with one attached hydrogen (secondary N) is 2. The van der Waals surface area contributed by atoms with Crippen LogP contribution in [0.15, 0.2) is 18.5 Å². The number of hydrogen-bond acceptors (Lipinski definition) is 9. The van der Waals surface area contributed by atoms with Gasteiger partial charge in [-0.15, -0.1) is 10.2 Å². The normalized spacial score (nSPS) is 24.7. The predicted molar refractivity (Wildman–Crippen MR) is 108 cm³/mol. The second-order valence-corrected chi connectivity index (χ2v) is 7.87. The molecule has 10 nitrogen and oxygen atoms in total. The van der Waals surface area contributed by atoms with Crippen molar-refractivity contribution in [3.05, 3.63) is 29.8 Å². The summed E-state index contributed by atoms with van der Waals surface area (Å²) in [5.74, 6) is 2.30. The van der Waals surface area contributed by atoms with Crippen molar-refractivity contribution < 1.29 is 9.53 Å². The Balaban J connectivity index is 1.48. The van der Waals surface area contributed by atoms with E-state index in [1.807, 2.05) is 6.07 Å². The molecular weight excluding hydrogens is 384 g/mol. The van der Waals surface area contributed by atoms with Gasteiger partial charge in [-0.1, -0.05) is 0 Å². The second kappa shape index (κ2) is 8.59. The maximum Gasteiger partial charge on any atom is 0.275 e. The van der Waals surface area contributed by atoms with E-state index in [9.17, 15) is 4.79 Å². The highest BCUT2D eigenvalue weighted by Crippen LogP contribution is 2.44. The lowest BCUT2D eigenvalue weighted by atomic mass is 9.78. The summed E-state index contributed by atoms with van der Waals surface area (Å²) in [7, 11) is 1.53. The standard InChI is InChI=1S/C20H24N8O2/c1-23-20(29)19-15(30-10-11-4-12-2-3-13(5-11)18(12)22)6-16(27-28-19)26-17-9-24-14(7-21)8-25-17/h6,8-9,11-13,18H,2-5,10,22H2,1H3,(H,23,29)(H,25,26,27). The molecule has 0 aliphatic heterocycles. The molecule has 156 valence electrons. The lowest BCUT2D eigenvalue weighted by Gasteiger charge is -2.32. The molecule has 10 heteroatoms. The summed E-state index contributed by atoms with van der Waals surface area (Å²) in [4.78, 5) is 20.3. The number of ether oxygens (including phenoxy) is 1. The van der Waals surface area contributed by atoms with Gasteiger partial charge >= 0.3 is 0 Å². The van der Waals surface area contributed by atoms with Gasteiger partial charge in [-0.2, -0.15) is 5.26 Å². The maximum atomic E-state index is 12.2. The van der Waals surface area contributed by atoms with Gasteiger partial charge in [-0.3, -0.25) is 4.79 Å². The fourth-order valence-electron chi connectivity index (χ4n) is 4.45. The van der Waals surface area contributed by atoms with Gasteiger partial charge in [0.25, 0.3) is 5.91 Å². The fraction of sp³-hybridized carbons (Fsp3) is 0.500. The van der Waals surface area contributed by atoms with Crippen LogP contribution < -0.4 is 21.1 Å². The van der Waals surface area contributed by atoms with Crippen molar-refractivity contribution in [3.8, 4) is 11.8 Å². The molecule has 2 unspecified atom stereocenters. The van der Waals surface area contributed by atoms with Crippen molar-refractivity contribution >= 4 is 17.5 Å². The molecule has 1 amide bonds. The molecule has 4 rings (SSSR count). The molecule has 30 heavy (non-hydrogen) atoms. The Kier molecular flexibility index (Phi) is 5.72. The fourth-order valence-corrected chi connectivity index (χ4v) is 4.45. The van der Waals surface area contributed by atoms with E-state index < -0.39 is 0 Å². The Hall–Kier alpha value is -3.32. The van der Waals surface area contributed by atoms with Crippen LogP contribution in [0, 0.1) is 29.1 Å². The number of fused-ring (bicyclic) bond motifs is 2. The molecule has 0 saturated heterocycles. The summed E-state index contributed by atoms with van der Waals surface area (Å²) in [6, 6.07) is 3.85. The van der Waals surface area contributed by atoms with Crippen molar-refractivity contribution in [2.75, 3.05) is 19.0 Å². The van der Waals surface area contributed by atoms with Crippen molar-refractivity contribution in [2.45, 2.75) is 31.7 Å². The van der Waals surface area contributed by atoms with Crippen LogP contribution in [-0.2, 0) is 0 Å². The number of carbonyl (C=O) groups is 1. The minimum atomic E-state index is -0.368. The number of anilines is 2. The van der Waals surface area contributed by atoms with Gasteiger partial charge in [-0.25, -0.2) is 9.97 Å². The Bertz CT molecular complexity index is 944. The van der Waals surface area contributed by atoms with Crippen LogP contribution in [-0.4, -0.2) is 45.8 Å². The van der Waals surface area contributed by atoms with E-state index >= 15 is 0 Å². The largest absolute Gasteiger partial charge is 0.491 e. The topological polar surface area (TPSA) is 152 Å². The van der Waals surface area contributed by atoms with Crippen molar-refractivity contribution in [1.29, 1.82) is 5.26 Å². The average molecular weight is 408 g/mol. The number of rotatable bonds is 6. The Morgan fingerprint density at radius 3 is 2.63 bits per heavy atom. The van der Waals surface area contributed by atoms with Crippen LogP contribution in [0.5, 0.6) is 5.75 Å². The summed E-state index contributed by atoms with van der Waals surface area (Å²) in [5, 5.41) is 22.4. The highest BCUT2D eigenvalue weighted by Gasteiger charge is 2.40. The van der Waals surface area contributed by atoms with E-state index in [1.165, 1.54) is 32.3 Å². The number of amides is 1. The molecule has 2 fully saturated rings. The average Bonchev–Trinajstić information content (AvgIpc) is 2.98. The minimum absolute atomic E-state index is 0.129. The first kappa shape index (κ1) is 20.0. The molecule has 2 aliphatic carbocycles. The predicted octanol–water partition coefficient (Wildman–Crippen LogP) is 1.38. The molecule has 2 atom stereocenters. The van der Waals surface area contributed by atoms with Crippen LogP contribution in [0.25, 0.3) is 0 Å². The summed E-state index contributed by atoms with van der Waals surface area (Å²) in [6.45, 7) is 0.505. The number of carbonyl (C=O) groups excluding carboxylic acids is 1. The van der Waals surface area contributed by atoms with E-state index in [0.29, 0.717) is 47.8 Å². The van der Waals surface area contributed by atoms with Crippen LogP contribution in [0.1, 0.15) is 41.9 Å². The molecule has 0 aromatic carbocycles. The summed E-state index contributed by atoms with van der Waals surface area (Å²) < 4.78 is 6.05. The third-order valence-electron chi connectivity index (χ3n) is 5.97. The van der Waals surface area contributed by atoms with E-state index in [2.05, 4.69) is 30.8 Å². The molecule has 2 saturated carbocycles. The number of aromatic nitrogens is 4. The number of nitriles is 1. The van der Waals surface area contributed by atoms with Crippen LogP contribution in [0.3, 0.4) is 0 Å². The van der Waals surface area contributed by atoms with E-state index in [0.717, 1.165) is 12.8 Å². The van der Waals surface area contributed by atoms with Gasteiger partial charge in [0.2, 0.25) is 0 Å². The molecule has 2 aromatic heterocycles. The van der Waals surface area contributed by atoms with E-state index in [-0.39, 0.29) is 17.3 Å². The first-order chi connectivity index (χ1) is 14.6. The summed E-state index contributed by atoms with van der Waals surface area (Å²) in [5.41, 5.74) is 6.64.